The molecular formula is C10H4I3O3S-. The van der Waals surface area contributed by atoms with E-state index >= 15 is 0 Å². The van der Waals surface area contributed by atoms with Crippen LogP contribution in [0.25, 0.3) is 10.8 Å². The molecule has 17 heavy (non-hydrogen) atoms. The van der Waals surface area contributed by atoms with E-state index in [-0.39, 0.29) is 4.90 Å². The van der Waals surface area contributed by atoms with Crippen LogP contribution in [0.1, 0.15) is 0 Å². The number of halogens is 3. The molecule has 0 saturated carbocycles. The molecule has 0 unspecified atom stereocenters. The van der Waals surface area contributed by atoms with Gasteiger partial charge in [-0.05, 0) is 85.3 Å². The van der Waals surface area contributed by atoms with Gasteiger partial charge in [-0.2, -0.15) is 0 Å². The Kier molecular flexibility index (Phi) is 4.23. The molecule has 0 radical (unpaired) electrons. The van der Waals surface area contributed by atoms with Crippen LogP contribution in [0.2, 0.25) is 0 Å². The van der Waals surface area contributed by atoms with Crippen LogP contribution >= 0.6 is 67.8 Å². The summed E-state index contributed by atoms with van der Waals surface area (Å²) in [5, 5.41) is 1.33. The van der Waals surface area contributed by atoms with Crippen molar-refractivity contribution in [3.8, 4) is 0 Å². The summed E-state index contributed by atoms with van der Waals surface area (Å²) in [6.45, 7) is 0. The SMILES string of the molecule is O=S(=O)([O-])c1cc(I)c(I)c2cccc(I)c12. The van der Waals surface area contributed by atoms with E-state index in [0.29, 0.717) is 5.39 Å². The standard InChI is InChI=1S/C10H5I3O3S/c11-6-3-1-2-5-9(6)8(17(14,15)16)4-7(12)10(5)13/h1-4H,(H,14,15,16)/p-1. The molecule has 2 aromatic carbocycles. The van der Waals surface area contributed by atoms with Crippen molar-refractivity contribution in [1.82, 2.24) is 0 Å². The van der Waals surface area contributed by atoms with E-state index in [4.69, 9.17) is 0 Å². The molecule has 0 saturated heterocycles. The Hall–Kier alpha value is 0.800. The number of benzene rings is 2. The zero-order valence-electron chi connectivity index (χ0n) is 8.08. The minimum absolute atomic E-state index is 0.137. The zero-order valence-corrected chi connectivity index (χ0v) is 15.4. The van der Waals surface area contributed by atoms with Gasteiger partial charge < -0.3 is 4.55 Å². The van der Waals surface area contributed by atoms with Gasteiger partial charge in [0.1, 0.15) is 10.1 Å². The Morgan fingerprint density at radius 3 is 2.29 bits per heavy atom. The first-order valence-corrected chi connectivity index (χ1v) is 8.99. The molecule has 3 nitrogen and oxygen atoms in total. The summed E-state index contributed by atoms with van der Waals surface area (Å²) in [5.74, 6) is 0. The van der Waals surface area contributed by atoms with E-state index in [1.165, 1.54) is 6.07 Å². The Bertz CT molecular complexity index is 710. The third-order valence-electron chi connectivity index (χ3n) is 2.23. The monoisotopic (exact) mass is 585 g/mol. The highest BCUT2D eigenvalue weighted by Gasteiger charge is 2.15. The summed E-state index contributed by atoms with van der Waals surface area (Å²) in [4.78, 5) is -0.137. The molecule has 0 fully saturated rings. The Morgan fingerprint density at radius 1 is 1.06 bits per heavy atom. The Morgan fingerprint density at radius 2 is 1.71 bits per heavy atom. The molecule has 0 aliphatic rings. The third-order valence-corrected chi connectivity index (χ3v) is 7.04. The molecule has 2 aromatic rings. The Labute approximate surface area is 140 Å². The normalized spacial score (nSPS) is 12.0. The van der Waals surface area contributed by atoms with Gasteiger partial charge in [0.2, 0.25) is 0 Å². The van der Waals surface area contributed by atoms with Crippen molar-refractivity contribution >= 4 is 88.7 Å². The zero-order chi connectivity index (χ0) is 12.8. The summed E-state index contributed by atoms with van der Waals surface area (Å²) < 4.78 is 36.4. The second-order valence-electron chi connectivity index (χ2n) is 3.29. The van der Waals surface area contributed by atoms with Gasteiger partial charge >= 0.3 is 0 Å². The minimum atomic E-state index is -4.45. The summed E-state index contributed by atoms with van der Waals surface area (Å²) in [5.41, 5.74) is 0. The molecule has 0 atom stereocenters. The van der Waals surface area contributed by atoms with E-state index in [0.717, 1.165) is 16.1 Å². The van der Waals surface area contributed by atoms with Crippen molar-refractivity contribution in [1.29, 1.82) is 0 Å². The molecule has 0 N–H and O–H groups in total. The van der Waals surface area contributed by atoms with Crippen LogP contribution in [0, 0.1) is 10.7 Å². The quantitative estimate of drug-likeness (QED) is 0.381. The topological polar surface area (TPSA) is 57.2 Å². The minimum Gasteiger partial charge on any atom is -0.744 e. The lowest BCUT2D eigenvalue weighted by atomic mass is 10.1. The van der Waals surface area contributed by atoms with Crippen molar-refractivity contribution in [3.05, 3.63) is 35.0 Å². The van der Waals surface area contributed by atoms with Crippen LogP contribution in [0.3, 0.4) is 0 Å². The van der Waals surface area contributed by atoms with Crippen LogP contribution < -0.4 is 0 Å². The van der Waals surface area contributed by atoms with Gasteiger partial charge in [0.25, 0.3) is 0 Å². The molecule has 0 aliphatic carbocycles. The van der Waals surface area contributed by atoms with Crippen molar-refractivity contribution in [2.24, 2.45) is 0 Å². The van der Waals surface area contributed by atoms with Gasteiger partial charge in [-0.15, -0.1) is 0 Å². The van der Waals surface area contributed by atoms with Crippen molar-refractivity contribution < 1.29 is 13.0 Å². The van der Waals surface area contributed by atoms with E-state index < -0.39 is 10.1 Å². The van der Waals surface area contributed by atoms with E-state index in [1.807, 2.05) is 57.3 Å². The Balaban J connectivity index is 3.10. The summed E-state index contributed by atoms with van der Waals surface area (Å²) >= 11 is 6.24. The van der Waals surface area contributed by atoms with E-state index in [1.54, 1.807) is 6.07 Å². The van der Waals surface area contributed by atoms with Crippen molar-refractivity contribution in [2.75, 3.05) is 0 Å². The van der Waals surface area contributed by atoms with Gasteiger partial charge in [0.15, 0.2) is 0 Å². The lowest BCUT2D eigenvalue weighted by molar-refractivity contribution is 0.464. The molecule has 0 bridgehead atoms. The molecule has 0 aromatic heterocycles. The number of rotatable bonds is 1. The van der Waals surface area contributed by atoms with Crippen molar-refractivity contribution in [2.45, 2.75) is 4.90 Å². The smallest absolute Gasteiger partial charge is 0.125 e. The van der Waals surface area contributed by atoms with Crippen LogP contribution in [0.15, 0.2) is 29.2 Å². The first kappa shape index (κ1) is 14.2. The number of hydrogen-bond donors (Lipinski definition) is 0. The molecule has 0 aliphatic heterocycles. The van der Waals surface area contributed by atoms with Gasteiger partial charge in [-0.3, -0.25) is 0 Å². The van der Waals surface area contributed by atoms with E-state index in [2.05, 4.69) is 22.6 Å². The van der Waals surface area contributed by atoms with Gasteiger partial charge in [0.05, 0.1) is 4.90 Å². The fraction of sp³-hybridized carbons (Fsp3) is 0. The van der Waals surface area contributed by atoms with Crippen LogP contribution in [-0.2, 0) is 10.1 Å². The third kappa shape index (κ3) is 2.72. The molecule has 0 heterocycles. The highest BCUT2D eigenvalue weighted by atomic mass is 127. The first-order chi connectivity index (χ1) is 7.82. The second kappa shape index (κ2) is 5.06. The van der Waals surface area contributed by atoms with Gasteiger partial charge in [-0.1, -0.05) is 12.1 Å². The molecular weight excluding hydrogens is 581 g/mol. The van der Waals surface area contributed by atoms with Crippen LogP contribution in [0.5, 0.6) is 0 Å². The highest BCUT2D eigenvalue weighted by Crippen LogP contribution is 2.33. The number of hydrogen-bond acceptors (Lipinski definition) is 3. The maximum atomic E-state index is 11.3. The second-order valence-corrected chi connectivity index (χ2v) is 8.04. The predicted molar refractivity (Wildman–Crippen MR) is 90.1 cm³/mol. The fourth-order valence-corrected chi connectivity index (χ4v) is 4.66. The molecule has 90 valence electrons. The maximum absolute atomic E-state index is 11.3. The lowest BCUT2D eigenvalue weighted by Gasteiger charge is -2.14. The molecule has 7 heteroatoms. The molecule has 0 amide bonds. The van der Waals surface area contributed by atoms with Gasteiger partial charge in [0, 0.05) is 16.1 Å². The predicted octanol–water partition coefficient (Wildman–Crippen LogP) is 3.56. The fourth-order valence-electron chi connectivity index (χ4n) is 1.53. The van der Waals surface area contributed by atoms with E-state index in [9.17, 15) is 13.0 Å². The van der Waals surface area contributed by atoms with Crippen LogP contribution in [-0.4, -0.2) is 13.0 Å². The first-order valence-electron chi connectivity index (χ1n) is 4.34. The maximum Gasteiger partial charge on any atom is 0.125 e. The highest BCUT2D eigenvalue weighted by molar-refractivity contribution is 14.1. The summed E-state index contributed by atoms with van der Waals surface area (Å²) in [7, 11) is -4.45. The lowest BCUT2D eigenvalue weighted by Crippen LogP contribution is -2.02. The summed E-state index contributed by atoms with van der Waals surface area (Å²) in [6.07, 6.45) is 0. The van der Waals surface area contributed by atoms with Crippen molar-refractivity contribution in [3.63, 3.8) is 0 Å². The molecule has 0 spiro atoms. The number of fused-ring (bicyclic) bond motifs is 1. The molecule has 2 rings (SSSR count). The van der Waals surface area contributed by atoms with Crippen LogP contribution in [0.4, 0.5) is 0 Å². The summed E-state index contributed by atoms with van der Waals surface area (Å²) in [6, 6.07) is 6.91. The average molecular weight is 585 g/mol. The van der Waals surface area contributed by atoms with Gasteiger partial charge in [-0.25, -0.2) is 8.42 Å². The largest absolute Gasteiger partial charge is 0.744 e. The average Bonchev–Trinajstić information content (AvgIpc) is 2.22.